The number of benzene rings is 6. The molecule has 5 heterocycles. The number of aromatic nitrogens is 1. The molecule has 3 amide bonds. The second-order valence-corrected chi connectivity index (χ2v) is 20.9. The fraction of sp³-hybridized carbons (Fsp3) is 0.339. The quantitative estimate of drug-likeness (QED) is 0.115. The van der Waals surface area contributed by atoms with E-state index in [4.69, 9.17) is 4.42 Å². The summed E-state index contributed by atoms with van der Waals surface area (Å²) in [7, 11) is 0. The van der Waals surface area contributed by atoms with Crippen LogP contribution in [0, 0.1) is 0 Å². The maximum Gasteiger partial charge on any atom is 0.264 e. The second kappa shape index (κ2) is 17.3. The highest BCUT2D eigenvalue weighted by Crippen LogP contribution is 2.49. The molecular formula is C59H56N6O7. The van der Waals surface area contributed by atoms with Gasteiger partial charge in [0.05, 0.1) is 37.0 Å². The predicted octanol–water partition coefficient (Wildman–Crippen LogP) is 7.13. The molecule has 2 aliphatic carbocycles. The van der Waals surface area contributed by atoms with E-state index >= 15 is 0 Å². The number of oxazole rings is 1. The van der Waals surface area contributed by atoms with Crippen molar-refractivity contribution in [2.75, 3.05) is 42.5 Å². The normalized spacial score (nSPS) is 24.2. The number of hydrogen-bond donors (Lipinski definition) is 3. The van der Waals surface area contributed by atoms with Crippen LogP contribution in [0.25, 0.3) is 21.5 Å². The molecule has 4 unspecified atom stereocenters. The Kier molecular flexibility index (Phi) is 10.8. The Morgan fingerprint density at radius 2 is 1.22 bits per heavy atom. The van der Waals surface area contributed by atoms with Crippen LogP contribution in [0.4, 0.5) is 11.4 Å². The molecule has 1 aromatic heterocycles. The van der Waals surface area contributed by atoms with E-state index in [1.165, 1.54) is 45.5 Å². The van der Waals surface area contributed by atoms with Crippen molar-refractivity contribution in [2.45, 2.75) is 93.2 Å². The monoisotopic (exact) mass is 960 g/mol. The Balaban J connectivity index is 0.637. The van der Waals surface area contributed by atoms with Crippen LogP contribution in [0.3, 0.4) is 0 Å². The van der Waals surface area contributed by atoms with Gasteiger partial charge < -0.3 is 29.7 Å². The van der Waals surface area contributed by atoms with Gasteiger partial charge in [-0.25, -0.2) is 4.98 Å². The lowest BCUT2D eigenvalue weighted by atomic mass is 9.91. The molecule has 4 atom stereocenters. The van der Waals surface area contributed by atoms with Crippen molar-refractivity contribution in [3.8, 4) is 0 Å². The molecule has 364 valence electrons. The highest BCUT2D eigenvalue weighted by Gasteiger charge is 2.54. The number of nitrogens with one attached hydrogen (secondary N) is 1. The number of aliphatic hydroxyl groups is 2. The Hall–Kier alpha value is -7.03. The molecule has 3 N–H and O–H groups in total. The zero-order valence-electron chi connectivity index (χ0n) is 40.0. The SMILES string of the molecule is O=C(CNC(=O)CC1(O)C(=O)N(C2CCN(C3Cc4cccc5cccc3c45)CC2)c2ccccc21)Cc1ccc2c3c(cccc13)C(N1CCC(N3C(=O)C(O)(Cc4ncco4)c4ccccc43)CC1)C2. The molecule has 13 rings (SSSR count). The van der Waals surface area contributed by atoms with Crippen LogP contribution in [0.2, 0.25) is 0 Å². The van der Waals surface area contributed by atoms with Crippen molar-refractivity contribution in [2.24, 2.45) is 0 Å². The lowest BCUT2D eigenvalue weighted by molar-refractivity contribution is -0.143. The number of rotatable bonds is 12. The molecule has 2 fully saturated rings. The van der Waals surface area contributed by atoms with E-state index < -0.39 is 29.4 Å². The first-order valence-corrected chi connectivity index (χ1v) is 25.6. The topological polar surface area (TPSA) is 160 Å². The minimum atomic E-state index is -2.05. The van der Waals surface area contributed by atoms with Crippen molar-refractivity contribution >= 4 is 56.4 Å². The Morgan fingerprint density at radius 1 is 0.653 bits per heavy atom. The van der Waals surface area contributed by atoms with Gasteiger partial charge >= 0.3 is 0 Å². The Morgan fingerprint density at radius 3 is 1.86 bits per heavy atom. The number of nitrogens with zero attached hydrogens (tertiary/aromatic N) is 5. The van der Waals surface area contributed by atoms with Crippen LogP contribution in [-0.2, 0) is 56.1 Å². The standard InChI is InChI=1S/C59H56N6O7/c66-42(35-61-52(67)33-58(70)46-14-1-3-16-48(46)64(56(58)68)40-20-25-62(26-21-40)50-31-38-10-5-8-36-9-6-12-44(50)54(36)38)30-37-18-19-39-32-51(45-13-7-11-43(37)55(39)45)63-27-22-41(23-28-63)65-49-17-4-2-15-47(49)59(71,57(65)69)34-53-60-24-29-72-53/h1-19,24,29,40-41,50-51,70-71H,20-23,25-28,30-35H2,(H,61,67). The van der Waals surface area contributed by atoms with E-state index in [1.54, 1.807) is 21.9 Å². The zero-order chi connectivity index (χ0) is 48.9. The van der Waals surface area contributed by atoms with Crippen molar-refractivity contribution < 1.29 is 33.8 Å². The van der Waals surface area contributed by atoms with Crippen LogP contribution >= 0.6 is 0 Å². The van der Waals surface area contributed by atoms with Gasteiger partial charge in [0.2, 0.25) is 5.91 Å². The van der Waals surface area contributed by atoms with Gasteiger partial charge in [-0.1, -0.05) is 103 Å². The summed E-state index contributed by atoms with van der Waals surface area (Å²) in [6.45, 7) is 2.93. The average molecular weight is 961 g/mol. The summed E-state index contributed by atoms with van der Waals surface area (Å²) >= 11 is 0. The number of para-hydroxylation sites is 2. The van der Waals surface area contributed by atoms with Gasteiger partial charge in [0.25, 0.3) is 11.8 Å². The van der Waals surface area contributed by atoms with Gasteiger partial charge in [-0.3, -0.25) is 29.0 Å². The van der Waals surface area contributed by atoms with Gasteiger partial charge in [0.15, 0.2) is 22.9 Å². The number of fused-ring (bicyclic) bond motifs is 2. The number of anilines is 2. The van der Waals surface area contributed by atoms with Gasteiger partial charge in [-0.2, -0.15) is 0 Å². The fourth-order valence-corrected chi connectivity index (χ4v) is 13.6. The van der Waals surface area contributed by atoms with E-state index in [0.29, 0.717) is 28.7 Å². The summed E-state index contributed by atoms with van der Waals surface area (Å²) in [5, 5.41) is 31.6. The maximum atomic E-state index is 14.4. The Bertz CT molecular complexity index is 3340. The summed E-state index contributed by atoms with van der Waals surface area (Å²) in [6, 6.07) is 38.5. The lowest BCUT2D eigenvalue weighted by Crippen LogP contribution is -2.51. The second-order valence-electron chi connectivity index (χ2n) is 20.9. The number of ketones is 1. The van der Waals surface area contributed by atoms with Crippen molar-refractivity contribution in [1.82, 2.24) is 20.1 Å². The van der Waals surface area contributed by atoms with Crippen molar-refractivity contribution in [3.05, 3.63) is 173 Å². The van der Waals surface area contributed by atoms with Crippen LogP contribution in [0.5, 0.6) is 0 Å². The van der Waals surface area contributed by atoms with E-state index in [1.807, 2.05) is 42.5 Å². The minimum Gasteiger partial charge on any atom is -0.449 e. The van der Waals surface area contributed by atoms with Crippen molar-refractivity contribution in [1.29, 1.82) is 0 Å². The molecule has 0 saturated carbocycles. The highest BCUT2D eigenvalue weighted by atomic mass is 16.3. The number of carbonyl (C=O) groups excluding carboxylic acids is 4. The molecule has 13 heteroatoms. The van der Waals surface area contributed by atoms with Gasteiger partial charge in [0, 0.05) is 67.9 Å². The number of piperidine rings is 2. The largest absolute Gasteiger partial charge is 0.449 e. The molecule has 0 bridgehead atoms. The smallest absolute Gasteiger partial charge is 0.264 e. The molecule has 6 aliphatic rings. The molecule has 6 aromatic carbocycles. The van der Waals surface area contributed by atoms with Gasteiger partial charge in [-0.05, 0) is 100 Å². The fourth-order valence-electron chi connectivity index (χ4n) is 13.6. The van der Waals surface area contributed by atoms with Crippen LogP contribution in [0.15, 0.2) is 132 Å². The summed E-state index contributed by atoms with van der Waals surface area (Å²) in [5.74, 6) is -1.26. The van der Waals surface area contributed by atoms with Crippen molar-refractivity contribution in [3.63, 3.8) is 0 Å². The molecule has 0 radical (unpaired) electrons. The minimum absolute atomic E-state index is 0.0334. The average Bonchev–Trinajstić information content (AvgIpc) is 4.23. The number of likely N-dealkylation sites (tertiary alicyclic amines) is 2. The Labute approximate surface area is 417 Å². The predicted molar refractivity (Wildman–Crippen MR) is 272 cm³/mol. The van der Waals surface area contributed by atoms with E-state index in [2.05, 4.69) is 80.8 Å². The first kappa shape index (κ1) is 44.9. The number of Topliss-reactive ketones (excluding diaryl/α,β-unsaturated/α-hetero) is 1. The third kappa shape index (κ3) is 7.15. The first-order valence-electron chi connectivity index (χ1n) is 25.6. The number of hydrogen-bond acceptors (Lipinski definition) is 10. The number of amides is 3. The summed E-state index contributed by atoms with van der Waals surface area (Å²) in [4.78, 5) is 68.6. The lowest BCUT2D eigenvalue weighted by Gasteiger charge is -2.40. The molecule has 13 nitrogen and oxygen atoms in total. The zero-order valence-corrected chi connectivity index (χ0v) is 40.0. The molecule has 72 heavy (non-hydrogen) atoms. The highest BCUT2D eigenvalue weighted by molar-refractivity contribution is 6.10. The van der Waals surface area contributed by atoms with Gasteiger partial charge in [0.1, 0.15) is 6.26 Å². The van der Waals surface area contributed by atoms with Gasteiger partial charge in [-0.15, -0.1) is 0 Å². The maximum absolute atomic E-state index is 14.4. The van der Waals surface area contributed by atoms with Crippen LogP contribution in [-0.4, -0.2) is 93.3 Å². The van der Waals surface area contributed by atoms with Crippen LogP contribution in [0.1, 0.15) is 89.0 Å². The summed E-state index contributed by atoms with van der Waals surface area (Å²) < 4.78 is 5.45. The molecular weight excluding hydrogens is 905 g/mol. The van der Waals surface area contributed by atoms with E-state index in [-0.39, 0.29) is 49.2 Å². The van der Waals surface area contributed by atoms with Crippen LogP contribution < -0.4 is 15.1 Å². The summed E-state index contributed by atoms with van der Waals surface area (Å²) in [6.07, 6.45) is 7.34. The molecule has 7 aromatic rings. The molecule has 4 aliphatic heterocycles. The number of carbonyl (C=O) groups is 4. The van der Waals surface area contributed by atoms with E-state index in [0.717, 1.165) is 86.7 Å². The first-order chi connectivity index (χ1) is 35.1. The third-order valence-electron chi connectivity index (χ3n) is 17.0. The molecule has 0 spiro atoms. The third-order valence-corrected chi connectivity index (χ3v) is 17.0. The van der Waals surface area contributed by atoms with E-state index in [9.17, 15) is 29.4 Å². The summed E-state index contributed by atoms with van der Waals surface area (Å²) in [5.41, 5.74) is 4.66. The molecule has 2 saturated heterocycles.